The van der Waals surface area contributed by atoms with Gasteiger partial charge in [-0.1, -0.05) is 5.57 Å². The van der Waals surface area contributed by atoms with Crippen LogP contribution in [0.4, 0.5) is 0 Å². The van der Waals surface area contributed by atoms with E-state index in [1.807, 2.05) is 11.6 Å². The molecule has 1 atom stereocenters. The Morgan fingerprint density at radius 2 is 2.35 bits per heavy atom. The van der Waals surface area contributed by atoms with Crippen LogP contribution in [0, 0.1) is 6.92 Å². The van der Waals surface area contributed by atoms with Gasteiger partial charge in [-0.2, -0.15) is 5.10 Å². The average Bonchev–Trinajstić information content (AvgIpc) is 2.57. The molecule has 0 amide bonds. The number of halogens is 1. The zero-order valence-electron chi connectivity index (χ0n) is 10.5. The molecule has 1 aromatic heterocycles. The summed E-state index contributed by atoms with van der Waals surface area (Å²) in [6.45, 7) is 5.05. The minimum Gasteiger partial charge on any atom is -0.327 e. The van der Waals surface area contributed by atoms with Crippen LogP contribution >= 0.6 is 15.9 Å². The van der Waals surface area contributed by atoms with Gasteiger partial charge in [0.15, 0.2) is 0 Å². The number of nitrogens with zero attached hydrogens (tertiary/aromatic N) is 2. The van der Waals surface area contributed by atoms with Crippen molar-refractivity contribution in [1.82, 2.24) is 9.78 Å². The van der Waals surface area contributed by atoms with E-state index in [1.54, 1.807) is 0 Å². The molecule has 0 saturated heterocycles. The van der Waals surface area contributed by atoms with Crippen molar-refractivity contribution in [2.45, 2.75) is 52.1 Å². The van der Waals surface area contributed by atoms with Crippen molar-refractivity contribution in [1.29, 1.82) is 0 Å². The normalized spacial score (nSPS) is 23.3. The summed E-state index contributed by atoms with van der Waals surface area (Å²) in [7, 11) is 0. The van der Waals surface area contributed by atoms with Gasteiger partial charge in [-0.3, -0.25) is 4.68 Å². The molecule has 17 heavy (non-hydrogen) atoms. The number of hydrogen-bond acceptors (Lipinski definition) is 2. The molecule has 94 valence electrons. The Hall–Kier alpha value is -0.610. The Balaban J connectivity index is 2.30. The van der Waals surface area contributed by atoms with Crippen LogP contribution in [0.3, 0.4) is 0 Å². The first-order valence-corrected chi connectivity index (χ1v) is 7.09. The zero-order valence-corrected chi connectivity index (χ0v) is 12.1. The summed E-state index contributed by atoms with van der Waals surface area (Å²) in [6.07, 6.45) is 6.84. The SMILES string of the molecule is CCn1nc(C)c(Br)c1C=C1CCCC(N)C1. The molecule has 2 N–H and O–H groups in total. The van der Waals surface area contributed by atoms with Gasteiger partial charge >= 0.3 is 0 Å². The molecule has 3 nitrogen and oxygen atoms in total. The van der Waals surface area contributed by atoms with Gasteiger partial charge in [0, 0.05) is 12.6 Å². The van der Waals surface area contributed by atoms with Gasteiger partial charge < -0.3 is 5.73 Å². The Labute approximate surface area is 111 Å². The predicted molar refractivity (Wildman–Crippen MR) is 74.8 cm³/mol. The highest BCUT2D eigenvalue weighted by molar-refractivity contribution is 9.10. The van der Waals surface area contributed by atoms with E-state index in [-0.39, 0.29) is 0 Å². The largest absolute Gasteiger partial charge is 0.327 e. The number of aromatic nitrogens is 2. The summed E-state index contributed by atoms with van der Waals surface area (Å²) in [5.41, 5.74) is 9.72. The summed E-state index contributed by atoms with van der Waals surface area (Å²) in [5.74, 6) is 0. The number of nitrogens with two attached hydrogens (primary N) is 1. The Morgan fingerprint density at radius 1 is 1.59 bits per heavy atom. The molecule has 4 heteroatoms. The monoisotopic (exact) mass is 297 g/mol. The van der Waals surface area contributed by atoms with Gasteiger partial charge in [-0.25, -0.2) is 0 Å². The first kappa shape index (κ1) is 12.8. The Kier molecular flexibility index (Phi) is 4.05. The van der Waals surface area contributed by atoms with Gasteiger partial charge in [0.2, 0.25) is 0 Å². The van der Waals surface area contributed by atoms with Crippen molar-refractivity contribution in [3.63, 3.8) is 0 Å². The number of hydrogen-bond donors (Lipinski definition) is 1. The maximum atomic E-state index is 6.02. The highest BCUT2D eigenvalue weighted by atomic mass is 79.9. The molecule has 1 aromatic rings. The third kappa shape index (κ3) is 2.80. The third-order valence-electron chi connectivity index (χ3n) is 3.33. The Morgan fingerprint density at radius 3 is 3.00 bits per heavy atom. The van der Waals surface area contributed by atoms with Gasteiger partial charge in [-0.05, 0) is 61.5 Å². The molecular weight excluding hydrogens is 278 g/mol. The first-order valence-electron chi connectivity index (χ1n) is 6.29. The number of aryl methyl sites for hydroxylation is 2. The van der Waals surface area contributed by atoms with Crippen LogP contribution in [0.15, 0.2) is 10.0 Å². The summed E-state index contributed by atoms with van der Waals surface area (Å²) in [6, 6.07) is 0.341. The van der Waals surface area contributed by atoms with Crippen LogP contribution in [0.5, 0.6) is 0 Å². The molecule has 2 rings (SSSR count). The van der Waals surface area contributed by atoms with Gasteiger partial charge in [-0.15, -0.1) is 0 Å². The predicted octanol–water partition coefficient (Wildman–Crippen LogP) is 3.26. The zero-order chi connectivity index (χ0) is 12.4. The summed E-state index contributed by atoms with van der Waals surface area (Å²) >= 11 is 3.62. The highest BCUT2D eigenvalue weighted by Crippen LogP contribution is 2.28. The molecule has 1 saturated carbocycles. The molecule has 0 radical (unpaired) electrons. The van der Waals surface area contributed by atoms with E-state index < -0.39 is 0 Å². The first-order chi connectivity index (χ1) is 8.11. The van der Waals surface area contributed by atoms with Crippen molar-refractivity contribution in [2.24, 2.45) is 5.73 Å². The average molecular weight is 298 g/mol. The van der Waals surface area contributed by atoms with E-state index in [0.29, 0.717) is 6.04 Å². The lowest BCUT2D eigenvalue weighted by Crippen LogP contribution is -2.23. The lowest BCUT2D eigenvalue weighted by molar-refractivity contribution is 0.519. The molecule has 0 spiro atoms. The molecule has 1 heterocycles. The van der Waals surface area contributed by atoms with Crippen molar-refractivity contribution >= 4 is 22.0 Å². The summed E-state index contributed by atoms with van der Waals surface area (Å²) < 4.78 is 3.16. The van der Waals surface area contributed by atoms with Crippen LogP contribution in [0.1, 0.15) is 44.0 Å². The Bertz CT molecular complexity index is 434. The highest BCUT2D eigenvalue weighted by Gasteiger charge is 2.15. The van der Waals surface area contributed by atoms with Gasteiger partial charge in [0.05, 0.1) is 15.9 Å². The standard InChI is InChI=1S/C13H20BrN3/c1-3-17-12(13(14)9(2)16-17)8-10-5-4-6-11(15)7-10/h8,11H,3-7,15H2,1-2H3. The number of rotatable bonds is 2. The molecule has 1 unspecified atom stereocenters. The van der Waals surface area contributed by atoms with Crippen molar-refractivity contribution in [3.05, 3.63) is 21.4 Å². The van der Waals surface area contributed by atoms with Crippen molar-refractivity contribution < 1.29 is 0 Å². The lowest BCUT2D eigenvalue weighted by Gasteiger charge is -2.20. The van der Waals surface area contributed by atoms with E-state index in [1.165, 1.54) is 24.1 Å². The fraction of sp³-hybridized carbons (Fsp3) is 0.615. The van der Waals surface area contributed by atoms with Crippen LogP contribution in [-0.2, 0) is 6.54 Å². The minimum atomic E-state index is 0.341. The van der Waals surface area contributed by atoms with Gasteiger partial charge in [0.25, 0.3) is 0 Å². The molecule has 0 aromatic carbocycles. The van der Waals surface area contributed by atoms with E-state index in [0.717, 1.165) is 29.6 Å². The third-order valence-corrected chi connectivity index (χ3v) is 4.31. The fourth-order valence-corrected chi connectivity index (χ4v) is 2.81. The second kappa shape index (κ2) is 5.36. The quantitative estimate of drug-likeness (QED) is 0.910. The van der Waals surface area contributed by atoms with E-state index in [4.69, 9.17) is 5.73 Å². The van der Waals surface area contributed by atoms with Crippen LogP contribution < -0.4 is 5.73 Å². The molecule has 1 aliphatic rings. The topological polar surface area (TPSA) is 43.8 Å². The van der Waals surface area contributed by atoms with Crippen molar-refractivity contribution in [2.75, 3.05) is 0 Å². The van der Waals surface area contributed by atoms with Crippen molar-refractivity contribution in [3.8, 4) is 0 Å². The van der Waals surface area contributed by atoms with Crippen LogP contribution in [-0.4, -0.2) is 15.8 Å². The van der Waals surface area contributed by atoms with E-state index in [2.05, 4.69) is 34.0 Å². The molecule has 0 bridgehead atoms. The minimum absolute atomic E-state index is 0.341. The smallest absolute Gasteiger partial charge is 0.0754 e. The molecule has 0 aliphatic heterocycles. The lowest BCUT2D eigenvalue weighted by atomic mass is 9.90. The molecular formula is C13H20BrN3. The molecule has 1 aliphatic carbocycles. The summed E-state index contributed by atoms with van der Waals surface area (Å²) in [4.78, 5) is 0. The van der Waals surface area contributed by atoms with Gasteiger partial charge in [0.1, 0.15) is 0 Å². The molecule has 1 fully saturated rings. The fourth-order valence-electron chi connectivity index (χ4n) is 2.41. The van der Waals surface area contributed by atoms with E-state index >= 15 is 0 Å². The van der Waals surface area contributed by atoms with Crippen LogP contribution in [0.25, 0.3) is 6.08 Å². The second-order valence-electron chi connectivity index (χ2n) is 4.76. The maximum absolute atomic E-state index is 6.02. The van der Waals surface area contributed by atoms with E-state index in [9.17, 15) is 0 Å². The second-order valence-corrected chi connectivity index (χ2v) is 5.55. The maximum Gasteiger partial charge on any atom is 0.0754 e. The summed E-state index contributed by atoms with van der Waals surface area (Å²) in [5, 5.41) is 4.51. The van der Waals surface area contributed by atoms with Crippen LogP contribution in [0.2, 0.25) is 0 Å².